The highest BCUT2D eigenvalue weighted by atomic mass is 16.5. The molecule has 4 heteroatoms. The van der Waals surface area contributed by atoms with Gasteiger partial charge in [-0.05, 0) is 35.7 Å². The maximum absolute atomic E-state index is 12.7. The van der Waals surface area contributed by atoms with Crippen LogP contribution >= 0.6 is 0 Å². The quantitative estimate of drug-likeness (QED) is 0.680. The number of nitrogens with one attached hydrogen (secondary N) is 1. The van der Waals surface area contributed by atoms with Crippen molar-refractivity contribution >= 4 is 11.6 Å². The molecule has 4 rings (SSSR count). The first kappa shape index (κ1) is 19.1. The first-order chi connectivity index (χ1) is 14.2. The smallest absolute Gasteiger partial charge is 0.222 e. The lowest BCUT2D eigenvalue weighted by atomic mass is 10.0. The zero-order valence-corrected chi connectivity index (χ0v) is 16.7. The van der Waals surface area contributed by atoms with Gasteiger partial charge in [0, 0.05) is 13.1 Å². The third-order valence-electron chi connectivity index (χ3n) is 5.25. The molecular weight excluding hydrogens is 360 g/mol. The molecule has 1 aliphatic rings. The standard InChI is InChI=1S/C25H26N2O2/c1-19-12-13-23-24(14-19)29-18-22(27(23)17-21-10-6-3-7-11-21)15-25(28)26-16-20-8-4-2-5-9-20/h2-14,22H,15-18H2,1H3,(H,26,28)/t22-/m0/s1. The van der Waals surface area contributed by atoms with Crippen LogP contribution in [0.25, 0.3) is 0 Å². The molecular formula is C25H26N2O2. The third kappa shape index (κ3) is 4.77. The summed E-state index contributed by atoms with van der Waals surface area (Å²) in [5.74, 6) is 0.929. The predicted octanol–water partition coefficient (Wildman–Crippen LogP) is 4.47. The van der Waals surface area contributed by atoms with Crippen molar-refractivity contribution in [3.05, 3.63) is 95.6 Å². The topological polar surface area (TPSA) is 41.6 Å². The van der Waals surface area contributed by atoms with E-state index in [0.717, 1.165) is 23.5 Å². The van der Waals surface area contributed by atoms with Gasteiger partial charge < -0.3 is 15.0 Å². The van der Waals surface area contributed by atoms with E-state index in [4.69, 9.17) is 4.74 Å². The summed E-state index contributed by atoms with van der Waals surface area (Å²) < 4.78 is 6.03. The highest BCUT2D eigenvalue weighted by Gasteiger charge is 2.29. The second-order valence-corrected chi connectivity index (χ2v) is 7.52. The number of nitrogens with zero attached hydrogens (tertiary/aromatic N) is 1. The average Bonchev–Trinajstić information content (AvgIpc) is 2.75. The molecule has 29 heavy (non-hydrogen) atoms. The van der Waals surface area contributed by atoms with Crippen LogP contribution < -0.4 is 15.0 Å². The van der Waals surface area contributed by atoms with E-state index in [1.165, 1.54) is 11.1 Å². The van der Waals surface area contributed by atoms with E-state index >= 15 is 0 Å². The molecule has 3 aromatic carbocycles. The number of anilines is 1. The van der Waals surface area contributed by atoms with Crippen molar-refractivity contribution < 1.29 is 9.53 Å². The zero-order chi connectivity index (χ0) is 20.1. The number of rotatable bonds is 6. The minimum absolute atomic E-state index is 0.0128. The molecule has 4 nitrogen and oxygen atoms in total. The van der Waals surface area contributed by atoms with E-state index in [1.54, 1.807) is 0 Å². The molecule has 3 aromatic rings. The first-order valence-corrected chi connectivity index (χ1v) is 10.0. The Morgan fingerprint density at radius 2 is 1.69 bits per heavy atom. The Bertz CT molecular complexity index is 957. The molecule has 0 saturated heterocycles. The van der Waals surface area contributed by atoms with Crippen LogP contribution in [0, 0.1) is 6.92 Å². The Morgan fingerprint density at radius 3 is 2.41 bits per heavy atom. The molecule has 148 valence electrons. The maximum Gasteiger partial charge on any atom is 0.222 e. The van der Waals surface area contributed by atoms with Crippen LogP contribution in [-0.2, 0) is 17.9 Å². The van der Waals surface area contributed by atoms with Gasteiger partial charge in [-0.25, -0.2) is 0 Å². The van der Waals surface area contributed by atoms with E-state index in [2.05, 4.69) is 47.5 Å². The molecule has 1 N–H and O–H groups in total. The van der Waals surface area contributed by atoms with E-state index in [-0.39, 0.29) is 11.9 Å². The monoisotopic (exact) mass is 386 g/mol. The van der Waals surface area contributed by atoms with Crippen LogP contribution in [0.2, 0.25) is 0 Å². The number of fused-ring (bicyclic) bond motifs is 1. The Kier molecular flexibility index (Phi) is 5.80. The van der Waals surface area contributed by atoms with Gasteiger partial charge in [-0.1, -0.05) is 66.7 Å². The van der Waals surface area contributed by atoms with Gasteiger partial charge in [0.15, 0.2) is 0 Å². The van der Waals surface area contributed by atoms with Gasteiger partial charge in [-0.3, -0.25) is 4.79 Å². The highest BCUT2D eigenvalue weighted by molar-refractivity contribution is 5.77. The molecule has 0 aliphatic carbocycles. The molecule has 1 heterocycles. The summed E-state index contributed by atoms with van der Waals surface area (Å²) in [5, 5.41) is 3.04. The van der Waals surface area contributed by atoms with Crippen molar-refractivity contribution in [2.45, 2.75) is 32.5 Å². The zero-order valence-electron chi connectivity index (χ0n) is 16.7. The minimum atomic E-state index is -0.0128. The highest BCUT2D eigenvalue weighted by Crippen LogP contribution is 2.36. The third-order valence-corrected chi connectivity index (χ3v) is 5.25. The molecule has 1 atom stereocenters. The number of hydrogen-bond donors (Lipinski definition) is 1. The van der Waals surface area contributed by atoms with Crippen LogP contribution in [0.1, 0.15) is 23.1 Å². The normalized spacial score (nSPS) is 15.3. The number of hydrogen-bond acceptors (Lipinski definition) is 3. The molecule has 0 fully saturated rings. The number of carbonyl (C=O) groups excluding carboxylic acids is 1. The van der Waals surface area contributed by atoms with E-state index in [0.29, 0.717) is 19.6 Å². The summed E-state index contributed by atoms with van der Waals surface area (Å²) in [4.78, 5) is 15.0. The van der Waals surface area contributed by atoms with Gasteiger partial charge >= 0.3 is 0 Å². The molecule has 1 amide bonds. The van der Waals surface area contributed by atoms with Crippen LogP contribution in [0.3, 0.4) is 0 Å². The maximum atomic E-state index is 12.7. The molecule has 0 unspecified atom stereocenters. The summed E-state index contributed by atoms with van der Waals surface area (Å²) in [6.45, 7) is 3.86. The fourth-order valence-corrected chi connectivity index (χ4v) is 3.69. The van der Waals surface area contributed by atoms with E-state index < -0.39 is 0 Å². The SMILES string of the molecule is Cc1ccc2c(c1)OC[C@H](CC(=O)NCc1ccccc1)N2Cc1ccccc1. The molecule has 0 saturated carbocycles. The van der Waals surface area contributed by atoms with Crippen molar-refractivity contribution in [2.75, 3.05) is 11.5 Å². The van der Waals surface area contributed by atoms with Gasteiger partial charge in [-0.2, -0.15) is 0 Å². The lowest BCUT2D eigenvalue weighted by molar-refractivity contribution is -0.121. The Morgan fingerprint density at radius 1 is 1.00 bits per heavy atom. The summed E-state index contributed by atoms with van der Waals surface area (Å²) in [7, 11) is 0. The Balaban J connectivity index is 1.49. The van der Waals surface area contributed by atoms with Crippen LogP contribution in [0.15, 0.2) is 78.9 Å². The van der Waals surface area contributed by atoms with Crippen LogP contribution in [0.5, 0.6) is 5.75 Å². The van der Waals surface area contributed by atoms with Crippen molar-refractivity contribution in [1.29, 1.82) is 0 Å². The number of amides is 1. The summed E-state index contributed by atoms with van der Waals surface area (Å²) in [6, 6.07) is 26.6. The van der Waals surface area contributed by atoms with Crippen LogP contribution in [0.4, 0.5) is 5.69 Å². The molecule has 1 aliphatic heterocycles. The second-order valence-electron chi connectivity index (χ2n) is 7.52. The molecule has 0 aromatic heterocycles. The Hall–Kier alpha value is -3.27. The fourth-order valence-electron chi connectivity index (χ4n) is 3.69. The van der Waals surface area contributed by atoms with Crippen molar-refractivity contribution in [3.8, 4) is 5.75 Å². The van der Waals surface area contributed by atoms with Crippen molar-refractivity contribution in [2.24, 2.45) is 0 Å². The number of aryl methyl sites for hydroxylation is 1. The summed E-state index contributed by atoms with van der Waals surface area (Å²) >= 11 is 0. The van der Waals surface area contributed by atoms with Gasteiger partial charge in [0.1, 0.15) is 12.4 Å². The summed E-state index contributed by atoms with van der Waals surface area (Å²) in [6.07, 6.45) is 0.396. The van der Waals surface area contributed by atoms with Crippen LogP contribution in [-0.4, -0.2) is 18.6 Å². The van der Waals surface area contributed by atoms with Gasteiger partial charge in [0.2, 0.25) is 5.91 Å². The predicted molar refractivity (Wildman–Crippen MR) is 116 cm³/mol. The molecule has 0 spiro atoms. The molecule has 0 bridgehead atoms. The molecule has 0 radical (unpaired) electrons. The second kappa shape index (κ2) is 8.82. The van der Waals surface area contributed by atoms with Crippen molar-refractivity contribution in [3.63, 3.8) is 0 Å². The largest absolute Gasteiger partial charge is 0.489 e. The number of benzene rings is 3. The fraction of sp³-hybridized carbons (Fsp3) is 0.240. The number of carbonyl (C=O) groups is 1. The lowest BCUT2D eigenvalue weighted by Crippen LogP contribution is -2.45. The van der Waals surface area contributed by atoms with Crippen molar-refractivity contribution in [1.82, 2.24) is 5.32 Å². The lowest BCUT2D eigenvalue weighted by Gasteiger charge is -2.38. The van der Waals surface area contributed by atoms with E-state index in [9.17, 15) is 4.79 Å². The van der Waals surface area contributed by atoms with Gasteiger partial charge in [0.25, 0.3) is 0 Å². The first-order valence-electron chi connectivity index (χ1n) is 10.0. The Labute approximate surface area is 172 Å². The van der Waals surface area contributed by atoms with Gasteiger partial charge in [0.05, 0.1) is 18.2 Å². The van der Waals surface area contributed by atoms with E-state index in [1.807, 2.05) is 48.5 Å². The van der Waals surface area contributed by atoms with Gasteiger partial charge in [-0.15, -0.1) is 0 Å². The average molecular weight is 386 g/mol. The minimum Gasteiger partial charge on any atom is -0.489 e. The number of ether oxygens (including phenoxy) is 1. The summed E-state index contributed by atoms with van der Waals surface area (Å²) in [5.41, 5.74) is 4.53.